The van der Waals surface area contributed by atoms with E-state index in [-0.39, 0.29) is 6.61 Å². The zero-order chi connectivity index (χ0) is 12.1. The van der Waals surface area contributed by atoms with Crippen molar-refractivity contribution in [2.24, 2.45) is 5.73 Å². The molecule has 1 fully saturated rings. The summed E-state index contributed by atoms with van der Waals surface area (Å²) in [7, 11) is 0. The highest BCUT2D eigenvalue weighted by Gasteiger charge is 2.26. The van der Waals surface area contributed by atoms with Gasteiger partial charge in [-0.15, -0.1) is 0 Å². The molecule has 2 rings (SSSR count). The Bertz CT molecular complexity index is 354. The average molecular weight is 236 g/mol. The Balaban J connectivity index is 2.11. The van der Waals surface area contributed by atoms with Crippen molar-refractivity contribution < 1.29 is 5.11 Å². The van der Waals surface area contributed by atoms with Crippen LogP contribution in [0.4, 0.5) is 5.95 Å². The average Bonchev–Trinajstić information content (AvgIpc) is 2.32. The van der Waals surface area contributed by atoms with Gasteiger partial charge < -0.3 is 15.7 Å². The predicted octanol–water partition coefficient (Wildman–Crippen LogP) is 0.677. The summed E-state index contributed by atoms with van der Waals surface area (Å²) in [6.07, 6.45) is 6.18. The van der Waals surface area contributed by atoms with Gasteiger partial charge in [-0.3, -0.25) is 0 Å². The Labute approximate surface area is 102 Å². The molecule has 17 heavy (non-hydrogen) atoms. The van der Waals surface area contributed by atoms with Crippen LogP contribution in [-0.4, -0.2) is 34.3 Å². The topological polar surface area (TPSA) is 75.3 Å². The Morgan fingerprint density at radius 1 is 1.47 bits per heavy atom. The van der Waals surface area contributed by atoms with E-state index < -0.39 is 0 Å². The first-order chi connectivity index (χ1) is 8.35. The molecule has 1 aromatic rings. The molecule has 5 heteroatoms. The van der Waals surface area contributed by atoms with Gasteiger partial charge in [0.25, 0.3) is 0 Å². The molecular weight excluding hydrogens is 216 g/mol. The van der Waals surface area contributed by atoms with Crippen molar-refractivity contribution in [1.29, 1.82) is 0 Å². The molecule has 0 aliphatic heterocycles. The van der Waals surface area contributed by atoms with Crippen LogP contribution in [0.3, 0.4) is 0 Å². The number of nitrogens with two attached hydrogens (primary N) is 1. The van der Waals surface area contributed by atoms with Gasteiger partial charge >= 0.3 is 0 Å². The summed E-state index contributed by atoms with van der Waals surface area (Å²) in [4.78, 5) is 11.0. The van der Waals surface area contributed by atoms with Crippen molar-refractivity contribution in [3.05, 3.63) is 18.0 Å². The molecule has 1 aromatic heterocycles. The van der Waals surface area contributed by atoms with Gasteiger partial charge in [0.1, 0.15) is 0 Å². The highest BCUT2D eigenvalue weighted by Crippen LogP contribution is 2.27. The molecule has 0 spiro atoms. The van der Waals surface area contributed by atoms with E-state index in [4.69, 9.17) is 10.8 Å². The van der Waals surface area contributed by atoms with Gasteiger partial charge in [0.15, 0.2) is 0 Å². The molecular formula is C12H20N4O. The molecule has 1 heterocycles. The van der Waals surface area contributed by atoms with Crippen LogP contribution in [-0.2, 0) is 6.54 Å². The smallest absolute Gasteiger partial charge is 0.225 e. The van der Waals surface area contributed by atoms with Crippen molar-refractivity contribution in [2.75, 3.05) is 18.1 Å². The molecule has 0 atom stereocenters. The molecule has 5 nitrogen and oxygen atoms in total. The number of hydrogen-bond acceptors (Lipinski definition) is 5. The van der Waals surface area contributed by atoms with Gasteiger partial charge in [-0.1, -0.05) is 0 Å². The first-order valence-corrected chi connectivity index (χ1v) is 6.24. The molecule has 1 saturated carbocycles. The van der Waals surface area contributed by atoms with Crippen LogP contribution in [0.25, 0.3) is 0 Å². The quantitative estimate of drug-likeness (QED) is 0.759. The minimum absolute atomic E-state index is 0.208. The maximum atomic E-state index is 8.95. The molecule has 94 valence electrons. The van der Waals surface area contributed by atoms with Crippen LogP contribution < -0.4 is 10.6 Å². The fourth-order valence-corrected chi connectivity index (χ4v) is 2.02. The number of rotatable bonds is 6. The van der Waals surface area contributed by atoms with E-state index in [9.17, 15) is 0 Å². The van der Waals surface area contributed by atoms with Crippen LogP contribution in [0.5, 0.6) is 0 Å². The fourth-order valence-electron chi connectivity index (χ4n) is 2.02. The van der Waals surface area contributed by atoms with Gasteiger partial charge in [0.05, 0.1) is 5.69 Å². The van der Waals surface area contributed by atoms with E-state index in [1.54, 1.807) is 6.20 Å². The minimum Gasteiger partial charge on any atom is -0.396 e. The van der Waals surface area contributed by atoms with E-state index >= 15 is 0 Å². The second kappa shape index (κ2) is 5.93. The van der Waals surface area contributed by atoms with Crippen LogP contribution >= 0.6 is 0 Å². The van der Waals surface area contributed by atoms with E-state index in [0.29, 0.717) is 12.6 Å². The molecule has 1 aliphatic rings. The third kappa shape index (κ3) is 2.92. The van der Waals surface area contributed by atoms with Crippen molar-refractivity contribution in [2.45, 2.75) is 38.3 Å². The number of aliphatic hydroxyl groups excluding tert-OH is 1. The monoisotopic (exact) mass is 236 g/mol. The molecule has 0 bridgehead atoms. The summed E-state index contributed by atoms with van der Waals surface area (Å²) < 4.78 is 0. The van der Waals surface area contributed by atoms with Crippen LogP contribution in [0.2, 0.25) is 0 Å². The standard InChI is InChI=1S/C12H20N4O/c13-9-10-5-6-14-12(15-10)16(7-2-8-17)11-3-1-4-11/h5-6,11,17H,1-4,7-9,13H2. The van der Waals surface area contributed by atoms with Gasteiger partial charge in [-0.2, -0.15) is 0 Å². The van der Waals surface area contributed by atoms with E-state index in [0.717, 1.165) is 24.6 Å². The lowest BCUT2D eigenvalue weighted by Gasteiger charge is -2.37. The molecule has 0 amide bonds. The van der Waals surface area contributed by atoms with Gasteiger partial charge in [0, 0.05) is 31.9 Å². The summed E-state index contributed by atoms with van der Waals surface area (Å²) in [6, 6.07) is 2.38. The van der Waals surface area contributed by atoms with Crippen molar-refractivity contribution in [1.82, 2.24) is 9.97 Å². The lowest BCUT2D eigenvalue weighted by Crippen LogP contribution is -2.42. The lowest BCUT2D eigenvalue weighted by atomic mass is 9.91. The summed E-state index contributed by atoms with van der Waals surface area (Å²) in [5.74, 6) is 0.756. The van der Waals surface area contributed by atoms with Crippen LogP contribution in [0.1, 0.15) is 31.4 Å². The van der Waals surface area contributed by atoms with Gasteiger partial charge in [-0.25, -0.2) is 9.97 Å². The minimum atomic E-state index is 0.208. The zero-order valence-electron chi connectivity index (χ0n) is 10.0. The molecule has 0 unspecified atom stereocenters. The first kappa shape index (κ1) is 12.3. The van der Waals surface area contributed by atoms with Gasteiger partial charge in [0.2, 0.25) is 5.95 Å². The number of nitrogens with zero attached hydrogens (tertiary/aromatic N) is 3. The molecule has 0 saturated heterocycles. The summed E-state index contributed by atoms with van der Waals surface area (Å²) in [6.45, 7) is 1.46. The Morgan fingerprint density at radius 2 is 2.29 bits per heavy atom. The third-order valence-electron chi connectivity index (χ3n) is 3.24. The number of anilines is 1. The Morgan fingerprint density at radius 3 is 2.88 bits per heavy atom. The molecule has 1 aliphatic carbocycles. The first-order valence-electron chi connectivity index (χ1n) is 6.24. The molecule has 0 radical (unpaired) electrons. The second-order valence-electron chi connectivity index (χ2n) is 4.41. The maximum Gasteiger partial charge on any atom is 0.225 e. The van der Waals surface area contributed by atoms with Crippen molar-refractivity contribution >= 4 is 5.95 Å². The predicted molar refractivity (Wildman–Crippen MR) is 66.6 cm³/mol. The molecule has 0 aromatic carbocycles. The van der Waals surface area contributed by atoms with E-state index in [1.807, 2.05) is 6.07 Å². The van der Waals surface area contributed by atoms with Crippen LogP contribution in [0.15, 0.2) is 12.3 Å². The van der Waals surface area contributed by atoms with E-state index in [1.165, 1.54) is 19.3 Å². The highest BCUT2D eigenvalue weighted by atomic mass is 16.3. The third-order valence-corrected chi connectivity index (χ3v) is 3.24. The lowest BCUT2D eigenvalue weighted by molar-refractivity contribution is 0.282. The fraction of sp³-hybridized carbons (Fsp3) is 0.667. The normalized spacial score (nSPS) is 15.6. The summed E-state index contributed by atoms with van der Waals surface area (Å²) in [5, 5.41) is 8.95. The van der Waals surface area contributed by atoms with Crippen LogP contribution in [0, 0.1) is 0 Å². The SMILES string of the molecule is NCc1ccnc(N(CCCO)C2CCC2)n1. The largest absolute Gasteiger partial charge is 0.396 e. The summed E-state index contributed by atoms with van der Waals surface area (Å²) in [5.41, 5.74) is 6.46. The number of aliphatic hydroxyl groups is 1. The van der Waals surface area contributed by atoms with Gasteiger partial charge in [-0.05, 0) is 31.7 Å². The van der Waals surface area contributed by atoms with Crippen molar-refractivity contribution in [3.63, 3.8) is 0 Å². The Hall–Kier alpha value is -1.20. The summed E-state index contributed by atoms with van der Waals surface area (Å²) >= 11 is 0. The highest BCUT2D eigenvalue weighted by molar-refractivity contribution is 5.33. The zero-order valence-corrected chi connectivity index (χ0v) is 10.0. The molecule has 3 N–H and O–H groups in total. The maximum absolute atomic E-state index is 8.95. The number of aromatic nitrogens is 2. The number of hydrogen-bond donors (Lipinski definition) is 2. The van der Waals surface area contributed by atoms with Crippen molar-refractivity contribution in [3.8, 4) is 0 Å². The Kier molecular flexibility index (Phi) is 4.28. The van der Waals surface area contributed by atoms with E-state index in [2.05, 4.69) is 14.9 Å². The second-order valence-corrected chi connectivity index (χ2v) is 4.41.